The lowest BCUT2D eigenvalue weighted by Gasteiger charge is -2.24. The second-order valence-electron chi connectivity index (χ2n) is 5.77. The number of aryl methyl sites for hydroxylation is 2. The summed E-state index contributed by atoms with van der Waals surface area (Å²) in [5.41, 5.74) is 1.77. The fourth-order valence-electron chi connectivity index (χ4n) is 2.69. The van der Waals surface area contributed by atoms with E-state index in [-0.39, 0.29) is 12.5 Å². The van der Waals surface area contributed by atoms with Crippen LogP contribution in [0.3, 0.4) is 0 Å². The lowest BCUT2D eigenvalue weighted by atomic mass is 10.2. The summed E-state index contributed by atoms with van der Waals surface area (Å²) in [6.45, 7) is 5.55. The summed E-state index contributed by atoms with van der Waals surface area (Å²) in [5.74, 6) is -0.604. The first-order chi connectivity index (χ1) is 10.8. The Labute approximate surface area is 140 Å². The van der Waals surface area contributed by atoms with Crippen molar-refractivity contribution in [2.45, 2.75) is 25.0 Å². The van der Waals surface area contributed by atoms with E-state index in [2.05, 4.69) is 5.32 Å². The van der Waals surface area contributed by atoms with Gasteiger partial charge in [-0.25, -0.2) is 8.42 Å². The molecule has 23 heavy (non-hydrogen) atoms. The van der Waals surface area contributed by atoms with Crippen molar-refractivity contribution in [3.8, 4) is 0 Å². The largest absolute Gasteiger partial charge is 0.324 e. The van der Waals surface area contributed by atoms with Crippen molar-refractivity contribution in [2.24, 2.45) is 5.92 Å². The Morgan fingerprint density at radius 2 is 1.96 bits per heavy atom. The average molecular weight is 350 g/mol. The Morgan fingerprint density at radius 3 is 2.61 bits per heavy atom. The molecule has 1 aromatic heterocycles. The molecule has 7 heteroatoms. The van der Waals surface area contributed by atoms with E-state index in [4.69, 9.17) is 0 Å². The molecular formula is C16H18N2O3S2. The molecule has 1 aliphatic heterocycles. The smallest absolute Gasteiger partial charge is 0.274 e. The third-order valence-electron chi connectivity index (χ3n) is 3.84. The van der Waals surface area contributed by atoms with Gasteiger partial charge in [0.05, 0.1) is 17.3 Å². The quantitative estimate of drug-likeness (QED) is 0.905. The van der Waals surface area contributed by atoms with Gasteiger partial charge in [-0.2, -0.15) is 0 Å². The zero-order valence-corrected chi connectivity index (χ0v) is 14.8. The van der Waals surface area contributed by atoms with Crippen molar-refractivity contribution in [3.05, 3.63) is 40.8 Å². The fourth-order valence-corrected chi connectivity index (χ4v) is 6.02. The number of rotatable bonds is 2. The number of fused-ring (bicyclic) bond motifs is 1. The number of carbonyl (C=O) groups excluding carboxylic acids is 1. The van der Waals surface area contributed by atoms with E-state index in [1.165, 1.54) is 15.6 Å². The van der Waals surface area contributed by atoms with Crippen LogP contribution in [0, 0.1) is 19.8 Å². The molecule has 5 nitrogen and oxygen atoms in total. The Bertz CT molecular complexity index is 871. The molecule has 1 amide bonds. The van der Waals surface area contributed by atoms with Crippen LogP contribution in [0.5, 0.6) is 0 Å². The normalized spacial score (nSPS) is 18.3. The van der Waals surface area contributed by atoms with Gasteiger partial charge in [0.25, 0.3) is 10.0 Å². The number of hydrogen-bond donors (Lipinski definition) is 1. The highest BCUT2D eigenvalue weighted by Crippen LogP contribution is 2.37. The van der Waals surface area contributed by atoms with E-state index in [0.29, 0.717) is 15.6 Å². The van der Waals surface area contributed by atoms with Gasteiger partial charge in [0.1, 0.15) is 4.21 Å². The van der Waals surface area contributed by atoms with Crippen molar-refractivity contribution < 1.29 is 13.2 Å². The number of anilines is 2. The van der Waals surface area contributed by atoms with Crippen molar-refractivity contribution in [1.29, 1.82) is 0 Å². The van der Waals surface area contributed by atoms with Crippen LogP contribution in [0.25, 0.3) is 0 Å². The molecule has 1 aromatic carbocycles. The van der Waals surface area contributed by atoms with Gasteiger partial charge in [-0.1, -0.05) is 19.1 Å². The molecule has 1 aliphatic rings. The average Bonchev–Trinajstić information content (AvgIpc) is 2.77. The summed E-state index contributed by atoms with van der Waals surface area (Å²) in [5, 5.41) is 2.80. The summed E-state index contributed by atoms with van der Waals surface area (Å²) in [7, 11) is -3.71. The predicted molar refractivity (Wildman–Crippen MR) is 92.6 cm³/mol. The van der Waals surface area contributed by atoms with Crippen LogP contribution in [0.2, 0.25) is 0 Å². The number of para-hydroxylation sites is 2. The summed E-state index contributed by atoms with van der Waals surface area (Å²) in [4.78, 5) is 13.1. The minimum atomic E-state index is -3.71. The molecule has 1 unspecified atom stereocenters. The number of thiophene rings is 1. The molecule has 0 bridgehead atoms. The van der Waals surface area contributed by atoms with Crippen molar-refractivity contribution in [3.63, 3.8) is 0 Å². The minimum Gasteiger partial charge on any atom is -0.324 e. The second-order valence-corrected chi connectivity index (χ2v) is 9.09. The van der Waals surface area contributed by atoms with Gasteiger partial charge in [-0.05, 0) is 37.6 Å². The Kier molecular flexibility index (Phi) is 3.93. The van der Waals surface area contributed by atoms with Gasteiger partial charge in [0, 0.05) is 11.4 Å². The highest BCUT2D eigenvalue weighted by Gasteiger charge is 2.34. The van der Waals surface area contributed by atoms with Crippen molar-refractivity contribution in [2.75, 3.05) is 16.2 Å². The number of carbonyl (C=O) groups is 1. The van der Waals surface area contributed by atoms with Crippen LogP contribution >= 0.6 is 11.3 Å². The standard InChI is InChI=1S/C16H18N2O3S2/c1-10-8-12(3)22-16(10)23(20,21)18-9-11(2)15(19)17-13-6-4-5-7-14(13)18/h4-8,11H,9H2,1-3H3,(H,17,19). The first-order valence-corrected chi connectivity index (χ1v) is 9.56. The van der Waals surface area contributed by atoms with Gasteiger partial charge >= 0.3 is 0 Å². The lowest BCUT2D eigenvalue weighted by Crippen LogP contribution is -2.35. The molecular weight excluding hydrogens is 332 g/mol. The molecule has 1 atom stereocenters. The molecule has 2 heterocycles. The molecule has 122 valence electrons. The van der Waals surface area contributed by atoms with E-state index in [1.54, 1.807) is 38.1 Å². The number of hydrogen-bond acceptors (Lipinski definition) is 4. The fraction of sp³-hybridized carbons (Fsp3) is 0.312. The second kappa shape index (κ2) is 5.65. The van der Waals surface area contributed by atoms with Crippen LogP contribution in [-0.4, -0.2) is 20.9 Å². The maximum Gasteiger partial charge on any atom is 0.274 e. The Morgan fingerprint density at radius 1 is 1.26 bits per heavy atom. The van der Waals surface area contributed by atoms with E-state index in [9.17, 15) is 13.2 Å². The number of amides is 1. The number of nitrogens with zero attached hydrogens (tertiary/aromatic N) is 1. The molecule has 1 N–H and O–H groups in total. The Balaban J connectivity index is 2.17. The number of nitrogens with one attached hydrogen (secondary N) is 1. The third-order valence-corrected chi connectivity index (χ3v) is 7.38. The van der Waals surface area contributed by atoms with Gasteiger partial charge in [0.2, 0.25) is 5.91 Å². The third kappa shape index (κ3) is 2.74. The van der Waals surface area contributed by atoms with Crippen LogP contribution in [-0.2, 0) is 14.8 Å². The highest BCUT2D eigenvalue weighted by atomic mass is 32.2. The van der Waals surface area contributed by atoms with Crippen molar-refractivity contribution in [1.82, 2.24) is 0 Å². The highest BCUT2D eigenvalue weighted by molar-refractivity contribution is 7.94. The zero-order chi connectivity index (χ0) is 16.8. The number of benzene rings is 1. The van der Waals surface area contributed by atoms with Gasteiger partial charge in [-0.15, -0.1) is 11.3 Å². The molecule has 2 aromatic rings. The topological polar surface area (TPSA) is 66.5 Å². The summed E-state index contributed by atoms with van der Waals surface area (Å²) < 4.78 is 28.1. The van der Waals surface area contributed by atoms with Gasteiger partial charge in [0.15, 0.2) is 0 Å². The van der Waals surface area contributed by atoms with Crippen molar-refractivity contribution >= 4 is 38.6 Å². The molecule has 0 fully saturated rings. The molecule has 3 rings (SSSR count). The van der Waals surface area contributed by atoms with Crippen LogP contribution in [0.1, 0.15) is 17.4 Å². The SMILES string of the molecule is Cc1cc(C)c(S(=O)(=O)N2CC(C)C(=O)Nc3ccccc32)s1. The molecule has 0 radical (unpaired) electrons. The maximum absolute atomic E-state index is 13.2. The molecule has 0 saturated heterocycles. The molecule has 0 aliphatic carbocycles. The van der Waals surface area contributed by atoms with E-state index in [1.807, 2.05) is 13.0 Å². The number of sulfonamides is 1. The lowest BCUT2D eigenvalue weighted by molar-refractivity contribution is -0.119. The van der Waals surface area contributed by atoms with Crippen LogP contribution in [0.15, 0.2) is 34.5 Å². The maximum atomic E-state index is 13.2. The first kappa shape index (κ1) is 16.0. The minimum absolute atomic E-state index is 0.127. The monoisotopic (exact) mass is 350 g/mol. The van der Waals surface area contributed by atoms with Gasteiger partial charge < -0.3 is 5.32 Å². The summed E-state index contributed by atoms with van der Waals surface area (Å²) >= 11 is 1.26. The van der Waals surface area contributed by atoms with Crippen LogP contribution in [0.4, 0.5) is 11.4 Å². The first-order valence-electron chi connectivity index (χ1n) is 7.30. The predicted octanol–water partition coefficient (Wildman–Crippen LogP) is 3.15. The zero-order valence-electron chi connectivity index (χ0n) is 13.2. The van der Waals surface area contributed by atoms with Crippen LogP contribution < -0.4 is 9.62 Å². The van der Waals surface area contributed by atoms with E-state index < -0.39 is 15.9 Å². The Hall–Kier alpha value is -1.86. The summed E-state index contributed by atoms with van der Waals surface area (Å²) in [6.07, 6.45) is 0. The van der Waals surface area contributed by atoms with E-state index in [0.717, 1.165) is 10.4 Å². The van der Waals surface area contributed by atoms with E-state index >= 15 is 0 Å². The molecule has 0 saturated carbocycles. The molecule has 0 spiro atoms. The van der Waals surface area contributed by atoms with Gasteiger partial charge in [-0.3, -0.25) is 9.10 Å². The summed E-state index contributed by atoms with van der Waals surface area (Å²) in [6, 6.07) is 8.87.